The third-order valence-electron chi connectivity index (χ3n) is 6.68. The van der Waals surface area contributed by atoms with Crippen LogP contribution < -0.4 is 14.4 Å². The van der Waals surface area contributed by atoms with Gasteiger partial charge in [-0.1, -0.05) is 0 Å². The molecule has 1 N–H and O–H groups in total. The first-order chi connectivity index (χ1) is 18.5. The molecule has 3 atom stereocenters. The van der Waals surface area contributed by atoms with Crippen LogP contribution in [0.4, 0.5) is 36.8 Å². The van der Waals surface area contributed by atoms with Gasteiger partial charge < -0.3 is 24.1 Å². The van der Waals surface area contributed by atoms with Crippen molar-refractivity contribution in [2.45, 2.75) is 50.2 Å². The summed E-state index contributed by atoms with van der Waals surface area (Å²) in [5.41, 5.74) is -7.51. The molecule has 2 aromatic rings. The molecule has 0 aliphatic carbocycles. The number of fused-ring (bicyclic) bond motifs is 1. The second-order valence-electron chi connectivity index (χ2n) is 9.02. The summed E-state index contributed by atoms with van der Waals surface area (Å²) in [6, 6.07) is 2.18. The lowest BCUT2D eigenvalue weighted by molar-refractivity contribution is -0.168. The van der Waals surface area contributed by atoms with Crippen molar-refractivity contribution in [3.63, 3.8) is 0 Å². The number of amides is 1. The van der Waals surface area contributed by atoms with Crippen molar-refractivity contribution in [1.29, 1.82) is 0 Å². The van der Waals surface area contributed by atoms with Crippen molar-refractivity contribution in [3.05, 3.63) is 52.6 Å². The van der Waals surface area contributed by atoms with Crippen molar-refractivity contribution in [2.75, 3.05) is 32.8 Å². The second kappa shape index (κ2) is 11.1. The average molecular weight is 579 g/mol. The highest BCUT2D eigenvalue weighted by Gasteiger charge is 2.53. The highest BCUT2D eigenvalue weighted by Crippen LogP contribution is 2.52. The van der Waals surface area contributed by atoms with E-state index in [0.29, 0.717) is 0 Å². The summed E-state index contributed by atoms with van der Waals surface area (Å²) in [4.78, 5) is 27.2. The minimum atomic E-state index is -5.25. The molecule has 0 fully saturated rings. The molecule has 1 unspecified atom stereocenters. The molecule has 1 aliphatic rings. The number of methoxy groups -OCH3 is 3. The van der Waals surface area contributed by atoms with Gasteiger partial charge in [0.25, 0.3) is 0 Å². The molecule has 0 radical (unpaired) electrons. The van der Waals surface area contributed by atoms with E-state index in [2.05, 4.69) is 0 Å². The van der Waals surface area contributed by atoms with Crippen molar-refractivity contribution in [2.24, 2.45) is 0 Å². The molecule has 220 valence electrons. The number of rotatable bonds is 6. The maximum Gasteiger partial charge on any atom is 0.416 e. The first-order valence-corrected chi connectivity index (χ1v) is 11.9. The smallest absolute Gasteiger partial charge is 0.416 e. The van der Waals surface area contributed by atoms with Gasteiger partial charge in [-0.25, -0.2) is 9.59 Å². The monoisotopic (exact) mass is 579 g/mol. The minimum Gasteiger partial charge on any atom is -0.493 e. The quantitative estimate of drug-likeness (QED) is 0.350. The van der Waals surface area contributed by atoms with Crippen LogP contribution in [0.5, 0.6) is 11.5 Å². The number of benzene rings is 2. The van der Waals surface area contributed by atoms with Crippen LogP contribution in [0.15, 0.2) is 30.3 Å². The van der Waals surface area contributed by atoms with Crippen molar-refractivity contribution < 1.29 is 60.0 Å². The fraction of sp³-hybridized carbons (Fsp3) is 0.462. The number of carbonyl (C=O) groups is 2. The van der Waals surface area contributed by atoms with Gasteiger partial charge in [-0.2, -0.15) is 26.3 Å². The number of ether oxygens (including phenoxy) is 4. The molecule has 3 rings (SSSR count). The second-order valence-corrected chi connectivity index (χ2v) is 9.02. The molecule has 0 saturated carbocycles. The molecule has 1 aliphatic heterocycles. The fourth-order valence-electron chi connectivity index (χ4n) is 4.84. The lowest BCUT2D eigenvalue weighted by atomic mass is 9.71. The van der Waals surface area contributed by atoms with E-state index >= 15 is 0 Å². The van der Waals surface area contributed by atoms with Gasteiger partial charge in [-0.3, -0.25) is 4.90 Å². The lowest BCUT2D eigenvalue weighted by Crippen LogP contribution is -2.50. The Kier molecular flexibility index (Phi) is 8.53. The number of halogens is 6. The molecule has 14 heteroatoms. The Morgan fingerprint density at radius 2 is 1.40 bits per heavy atom. The van der Waals surface area contributed by atoms with E-state index in [-0.39, 0.29) is 54.0 Å². The summed E-state index contributed by atoms with van der Waals surface area (Å²) < 4.78 is 103. The number of aliphatic hydroxyl groups is 1. The highest BCUT2D eigenvalue weighted by atomic mass is 19.4. The molecular formula is C26H27F6NO7. The highest BCUT2D eigenvalue weighted by molar-refractivity contribution is 5.92. The molecule has 0 aromatic heterocycles. The predicted molar refractivity (Wildman–Crippen MR) is 128 cm³/mol. The van der Waals surface area contributed by atoms with Gasteiger partial charge in [0.2, 0.25) is 0 Å². The Morgan fingerprint density at radius 3 is 1.85 bits per heavy atom. The van der Waals surface area contributed by atoms with E-state index in [1.807, 2.05) is 0 Å². The van der Waals surface area contributed by atoms with Gasteiger partial charge in [0, 0.05) is 18.0 Å². The number of esters is 1. The third kappa shape index (κ3) is 5.49. The van der Waals surface area contributed by atoms with E-state index in [1.54, 1.807) is 6.92 Å². The van der Waals surface area contributed by atoms with Crippen LogP contribution in [-0.4, -0.2) is 51.1 Å². The molecule has 0 saturated heterocycles. The number of anilines is 1. The van der Waals surface area contributed by atoms with Crippen LogP contribution in [0, 0.1) is 0 Å². The number of hydrogen-bond acceptors (Lipinski definition) is 7. The zero-order chi connectivity index (χ0) is 30.2. The van der Waals surface area contributed by atoms with E-state index in [0.717, 1.165) is 7.11 Å². The van der Waals surface area contributed by atoms with Gasteiger partial charge in [0.05, 0.1) is 44.8 Å². The largest absolute Gasteiger partial charge is 0.493 e. The first-order valence-electron chi connectivity index (χ1n) is 11.9. The zero-order valence-electron chi connectivity index (χ0n) is 22.1. The van der Waals surface area contributed by atoms with Gasteiger partial charge in [-0.05, 0) is 55.7 Å². The van der Waals surface area contributed by atoms with Crippen LogP contribution in [0.1, 0.15) is 48.4 Å². The summed E-state index contributed by atoms with van der Waals surface area (Å²) in [6.07, 6.45) is -11.6. The van der Waals surface area contributed by atoms with Crippen molar-refractivity contribution >= 4 is 17.7 Å². The molecule has 1 amide bonds. The Balaban J connectivity index is 2.41. The fourth-order valence-corrected chi connectivity index (χ4v) is 4.84. The van der Waals surface area contributed by atoms with E-state index in [9.17, 15) is 41.0 Å². The zero-order valence-corrected chi connectivity index (χ0v) is 22.1. The Labute approximate surface area is 225 Å². The van der Waals surface area contributed by atoms with Gasteiger partial charge in [-0.15, -0.1) is 0 Å². The molecule has 0 spiro atoms. The Morgan fingerprint density at radius 1 is 0.900 bits per heavy atom. The van der Waals surface area contributed by atoms with Crippen LogP contribution in [0.3, 0.4) is 0 Å². The van der Waals surface area contributed by atoms with Crippen LogP contribution in [-0.2, 0) is 32.2 Å². The number of alkyl halides is 6. The summed E-state index contributed by atoms with van der Waals surface area (Å²) in [5, 5.41) is 11.9. The van der Waals surface area contributed by atoms with Crippen molar-refractivity contribution in [3.8, 4) is 11.5 Å². The Bertz CT molecular complexity index is 1250. The Hall–Kier alpha value is -3.68. The number of nitrogens with zero attached hydrogens (tertiary/aromatic N) is 1. The molecule has 1 heterocycles. The molecule has 2 aromatic carbocycles. The lowest BCUT2D eigenvalue weighted by Gasteiger charge is -2.44. The maximum atomic E-state index is 13.7. The summed E-state index contributed by atoms with van der Waals surface area (Å²) in [6.45, 7) is 3.06. The molecule has 8 nitrogen and oxygen atoms in total. The van der Waals surface area contributed by atoms with E-state index in [4.69, 9.17) is 18.9 Å². The van der Waals surface area contributed by atoms with Gasteiger partial charge in [0.1, 0.15) is 0 Å². The molecule has 40 heavy (non-hydrogen) atoms. The topological polar surface area (TPSA) is 94.5 Å². The summed E-state index contributed by atoms with van der Waals surface area (Å²) in [5.74, 6) is -2.86. The molecule has 0 bridgehead atoms. The SMILES string of the molecule is CCOC(=O)N1c2cc(OC)c(OC)cc2[C@@H](C(O)(C(=O)OC)c2cc(C(F)(F)F)cc(C(F)(F)F)c2)C[C@H]1C. The van der Waals surface area contributed by atoms with Gasteiger partial charge >= 0.3 is 24.4 Å². The van der Waals surface area contributed by atoms with E-state index < -0.39 is 58.7 Å². The summed E-state index contributed by atoms with van der Waals surface area (Å²) in [7, 11) is 3.40. The van der Waals surface area contributed by atoms with Crippen LogP contribution >= 0.6 is 0 Å². The normalized spacial score (nSPS) is 18.9. The average Bonchev–Trinajstić information content (AvgIpc) is 2.89. The number of carbonyl (C=O) groups excluding carboxylic acids is 2. The first kappa shape index (κ1) is 30.9. The van der Waals surface area contributed by atoms with Crippen LogP contribution in [0.25, 0.3) is 0 Å². The standard InChI is InChI=1S/C26H27F6NO7/c1-6-40-23(35)33-13(2)7-18(17-11-20(37-3)21(38-4)12-19(17)33)24(36,22(34)39-5)14-8-15(25(27,28)29)10-16(9-14)26(30,31)32/h8-13,18,36H,6-7H2,1-5H3/t13-,18+,24?/m1/s1. The minimum absolute atomic E-state index is 0.00927. The number of hydrogen-bond donors (Lipinski definition) is 1. The molecular weight excluding hydrogens is 552 g/mol. The van der Waals surface area contributed by atoms with E-state index in [1.165, 1.54) is 38.2 Å². The predicted octanol–water partition coefficient (Wildman–Crippen LogP) is 5.64. The summed E-state index contributed by atoms with van der Waals surface area (Å²) >= 11 is 0. The van der Waals surface area contributed by atoms with Crippen molar-refractivity contribution in [1.82, 2.24) is 0 Å². The van der Waals surface area contributed by atoms with Crippen LogP contribution in [0.2, 0.25) is 0 Å². The van der Waals surface area contributed by atoms with Gasteiger partial charge in [0.15, 0.2) is 17.1 Å². The third-order valence-corrected chi connectivity index (χ3v) is 6.68. The maximum absolute atomic E-state index is 13.7.